The SMILES string of the molecule is C=CCN1C(=O)CC(C2CC(=O)N(CC=C)C2=O)C1=O. The second kappa shape index (κ2) is 5.40. The molecular formula is C14H16N2O4. The largest absolute Gasteiger partial charge is 0.278 e. The third kappa shape index (κ3) is 2.17. The number of hydrogen-bond acceptors (Lipinski definition) is 4. The Morgan fingerprint density at radius 1 is 0.850 bits per heavy atom. The molecule has 6 nitrogen and oxygen atoms in total. The molecule has 0 aromatic rings. The summed E-state index contributed by atoms with van der Waals surface area (Å²) in [7, 11) is 0. The van der Waals surface area contributed by atoms with Crippen molar-refractivity contribution < 1.29 is 19.2 Å². The summed E-state index contributed by atoms with van der Waals surface area (Å²) in [4.78, 5) is 50.0. The van der Waals surface area contributed by atoms with Crippen molar-refractivity contribution in [2.45, 2.75) is 12.8 Å². The number of carbonyl (C=O) groups is 4. The third-order valence-electron chi connectivity index (χ3n) is 3.67. The zero-order valence-electron chi connectivity index (χ0n) is 11.1. The van der Waals surface area contributed by atoms with Gasteiger partial charge in [-0.3, -0.25) is 29.0 Å². The normalized spacial score (nSPS) is 26.6. The maximum Gasteiger partial charge on any atom is 0.233 e. The Balaban J connectivity index is 2.17. The molecule has 0 radical (unpaired) electrons. The Morgan fingerprint density at radius 3 is 1.50 bits per heavy atom. The van der Waals surface area contributed by atoms with Gasteiger partial charge in [0.1, 0.15) is 0 Å². The van der Waals surface area contributed by atoms with E-state index < -0.39 is 11.8 Å². The van der Waals surface area contributed by atoms with Gasteiger partial charge in [-0.2, -0.15) is 0 Å². The molecule has 6 heteroatoms. The minimum absolute atomic E-state index is 0.0156. The zero-order chi connectivity index (χ0) is 14.9. The summed E-state index contributed by atoms with van der Waals surface area (Å²) in [6.45, 7) is 7.26. The molecule has 0 aliphatic carbocycles. The van der Waals surface area contributed by atoms with E-state index in [0.29, 0.717) is 0 Å². The second-order valence-corrected chi connectivity index (χ2v) is 4.88. The molecule has 2 rings (SSSR count). The molecule has 2 unspecified atom stereocenters. The molecule has 0 bridgehead atoms. The van der Waals surface area contributed by atoms with Gasteiger partial charge >= 0.3 is 0 Å². The Kier molecular flexibility index (Phi) is 3.83. The molecule has 0 aromatic carbocycles. The van der Waals surface area contributed by atoms with Crippen molar-refractivity contribution in [1.82, 2.24) is 9.80 Å². The molecule has 4 amide bonds. The summed E-state index contributed by atoms with van der Waals surface area (Å²) >= 11 is 0. The second-order valence-electron chi connectivity index (χ2n) is 4.88. The van der Waals surface area contributed by atoms with Crippen molar-refractivity contribution >= 4 is 23.6 Å². The van der Waals surface area contributed by atoms with Crippen molar-refractivity contribution in [3.63, 3.8) is 0 Å². The molecule has 0 saturated carbocycles. The highest BCUT2D eigenvalue weighted by molar-refractivity contribution is 6.10. The fourth-order valence-electron chi connectivity index (χ4n) is 2.69. The van der Waals surface area contributed by atoms with Crippen LogP contribution in [0.5, 0.6) is 0 Å². The van der Waals surface area contributed by atoms with Gasteiger partial charge in [0.25, 0.3) is 0 Å². The number of amides is 4. The number of rotatable bonds is 5. The number of carbonyl (C=O) groups excluding carboxylic acids is 4. The predicted octanol–water partition coefficient (Wildman–Crippen LogP) is 0.109. The van der Waals surface area contributed by atoms with Gasteiger partial charge in [0, 0.05) is 25.9 Å². The molecule has 2 fully saturated rings. The van der Waals surface area contributed by atoms with Crippen LogP contribution in [-0.4, -0.2) is 46.5 Å². The fraction of sp³-hybridized carbons (Fsp3) is 0.429. The van der Waals surface area contributed by atoms with Gasteiger partial charge < -0.3 is 0 Å². The van der Waals surface area contributed by atoms with Gasteiger partial charge in [-0.15, -0.1) is 13.2 Å². The summed E-state index contributed by atoms with van der Waals surface area (Å²) in [5, 5.41) is 0. The van der Waals surface area contributed by atoms with Gasteiger partial charge in [0.2, 0.25) is 23.6 Å². The van der Waals surface area contributed by atoms with Crippen molar-refractivity contribution in [3.8, 4) is 0 Å². The van der Waals surface area contributed by atoms with Crippen LogP contribution < -0.4 is 0 Å². The third-order valence-corrected chi connectivity index (χ3v) is 3.67. The lowest BCUT2D eigenvalue weighted by molar-refractivity contribution is -0.143. The van der Waals surface area contributed by atoms with Crippen LogP contribution in [0, 0.1) is 11.8 Å². The molecule has 2 aliphatic heterocycles. The van der Waals surface area contributed by atoms with Gasteiger partial charge in [0.15, 0.2) is 0 Å². The lowest BCUT2D eigenvalue weighted by Gasteiger charge is -2.16. The number of hydrogen-bond donors (Lipinski definition) is 0. The van der Waals surface area contributed by atoms with Crippen molar-refractivity contribution in [1.29, 1.82) is 0 Å². The van der Waals surface area contributed by atoms with Gasteiger partial charge in [-0.25, -0.2) is 0 Å². The molecule has 2 heterocycles. The monoisotopic (exact) mass is 276 g/mol. The van der Waals surface area contributed by atoms with Crippen LogP contribution in [0.25, 0.3) is 0 Å². The van der Waals surface area contributed by atoms with E-state index in [4.69, 9.17) is 0 Å². The Labute approximate surface area is 116 Å². The van der Waals surface area contributed by atoms with Crippen molar-refractivity contribution in [3.05, 3.63) is 25.3 Å². The van der Waals surface area contributed by atoms with Gasteiger partial charge in [-0.05, 0) is 0 Å². The Morgan fingerprint density at radius 2 is 1.20 bits per heavy atom. The first-order valence-electron chi connectivity index (χ1n) is 6.41. The molecule has 20 heavy (non-hydrogen) atoms. The minimum Gasteiger partial charge on any atom is -0.278 e. The Hall–Kier alpha value is -2.24. The van der Waals surface area contributed by atoms with E-state index in [-0.39, 0.29) is 49.6 Å². The molecule has 0 spiro atoms. The number of likely N-dealkylation sites (tertiary alicyclic amines) is 2. The molecule has 2 atom stereocenters. The van der Waals surface area contributed by atoms with E-state index >= 15 is 0 Å². The van der Waals surface area contributed by atoms with E-state index in [1.165, 1.54) is 12.2 Å². The highest BCUT2D eigenvalue weighted by atomic mass is 16.2. The van der Waals surface area contributed by atoms with E-state index in [1.54, 1.807) is 0 Å². The first kappa shape index (κ1) is 14.2. The quantitative estimate of drug-likeness (QED) is 0.527. The van der Waals surface area contributed by atoms with Gasteiger partial charge in [0.05, 0.1) is 11.8 Å². The summed E-state index contributed by atoms with van der Waals surface area (Å²) in [5.41, 5.74) is 0. The minimum atomic E-state index is -0.728. The van der Waals surface area contributed by atoms with Crippen LogP contribution in [0.1, 0.15) is 12.8 Å². The molecule has 2 saturated heterocycles. The van der Waals surface area contributed by atoms with E-state index in [0.717, 1.165) is 9.80 Å². The van der Waals surface area contributed by atoms with Crippen LogP contribution in [0.3, 0.4) is 0 Å². The zero-order valence-corrected chi connectivity index (χ0v) is 11.1. The first-order valence-corrected chi connectivity index (χ1v) is 6.41. The number of nitrogens with zero attached hydrogens (tertiary/aromatic N) is 2. The van der Waals surface area contributed by atoms with E-state index in [9.17, 15) is 19.2 Å². The molecule has 0 N–H and O–H groups in total. The maximum atomic E-state index is 12.2. The lowest BCUT2D eigenvalue weighted by Crippen LogP contribution is -2.36. The molecule has 106 valence electrons. The molecular weight excluding hydrogens is 260 g/mol. The van der Waals surface area contributed by atoms with Crippen molar-refractivity contribution in [2.24, 2.45) is 11.8 Å². The summed E-state index contributed by atoms with van der Waals surface area (Å²) < 4.78 is 0. The average molecular weight is 276 g/mol. The van der Waals surface area contributed by atoms with Crippen LogP contribution in [0.15, 0.2) is 25.3 Å². The van der Waals surface area contributed by atoms with E-state index in [1.807, 2.05) is 0 Å². The predicted molar refractivity (Wildman–Crippen MR) is 70.0 cm³/mol. The van der Waals surface area contributed by atoms with Crippen molar-refractivity contribution in [2.75, 3.05) is 13.1 Å². The van der Waals surface area contributed by atoms with Crippen LogP contribution in [-0.2, 0) is 19.2 Å². The van der Waals surface area contributed by atoms with Crippen LogP contribution in [0.4, 0.5) is 0 Å². The van der Waals surface area contributed by atoms with Crippen LogP contribution >= 0.6 is 0 Å². The van der Waals surface area contributed by atoms with Gasteiger partial charge in [-0.1, -0.05) is 12.2 Å². The van der Waals surface area contributed by atoms with Crippen LogP contribution in [0.2, 0.25) is 0 Å². The fourth-order valence-corrected chi connectivity index (χ4v) is 2.69. The molecule has 0 aromatic heterocycles. The Bertz CT molecular complexity index is 465. The standard InChI is InChI=1S/C14H16N2O4/c1-3-5-15-11(17)7-9(13(15)19)10-8-12(18)16(6-4-2)14(10)20/h3-4,9-10H,1-2,5-8H2. The highest BCUT2D eigenvalue weighted by Gasteiger charge is 2.50. The average Bonchev–Trinajstić information content (AvgIpc) is 2.84. The summed E-state index contributed by atoms with van der Waals surface area (Å²) in [6, 6.07) is 0. The summed E-state index contributed by atoms with van der Waals surface area (Å²) in [5.74, 6) is -2.87. The summed E-state index contributed by atoms with van der Waals surface area (Å²) in [6.07, 6.45) is 2.89. The number of imide groups is 2. The highest BCUT2D eigenvalue weighted by Crippen LogP contribution is 2.34. The maximum absolute atomic E-state index is 12.2. The van der Waals surface area contributed by atoms with E-state index in [2.05, 4.69) is 13.2 Å². The molecule has 2 aliphatic rings. The topological polar surface area (TPSA) is 74.8 Å². The smallest absolute Gasteiger partial charge is 0.233 e. The first-order chi connectivity index (χ1) is 9.51. The lowest BCUT2D eigenvalue weighted by atomic mass is 9.89.